The number of hydrogen-bond donors (Lipinski definition) is 3. The second-order valence-corrected chi connectivity index (χ2v) is 2.66. The molecule has 1 unspecified atom stereocenters. The fourth-order valence-corrected chi connectivity index (χ4v) is 1.00. The zero-order valence-electron chi connectivity index (χ0n) is 7.18. The average molecular weight is 158 g/mol. The molecule has 3 heteroatoms. The molecule has 0 bridgehead atoms. The SMILES string of the molecule is [CH2]CC(CCCN)NCCN. The molecule has 0 spiro atoms. The van der Waals surface area contributed by atoms with Gasteiger partial charge in [0.1, 0.15) is 0 Å². The van der Waals surface area contributed by atoms with E-state index in [0.29, 0.717) is 12.6 Å². The molecular formula is C8H20N3. The van der Waals surface area contributed by atoms with Gasteiger partial charge in [-0.25, -0.2) is 0 Å². The topological polar surface area (TPSA) is 64.1 Å². The van der Waals surface area contributed by atoms with Crippen LogP contribution in [0.2, 0.25) is 0 Å². The summed E-state index contributed by atoms with van der Waals surface area (Å²) < 4.78 is 0. The summed E-state index contributed by atoms with van der Waals surface area (Å²) in [5, 5.41) is 3.31. The molecule has 0 aromatic heterocycles. The molecule has 11 heavy (non-hydrogen) atoms. The third-order valence-electron chi connectivity index (χ3n) is 1.68. The normalized spacial score (nSPS) is 13.4. The van der Waals surface area contributed by atoms with Gasteiger partial charge in [0.2, 0.25) is 0 Å². The highest BCUT2D eigenvalue weighted by Crippen LogP contribution is 1.98. The maximum Gasteiger partial charge on any atom is 0.00770 e. The van der Waals surface area contributed by atoms with Crippen molar-refractivity contribution in [2.45, 2.75) is 25.3 Å². The van der Waals surface area contributed by atoms with Crippen LogP contribution in [0.15, 0.2) is 0 Å². The van der Waals surface area contributed by atoms with E-state index in [4.69, 9.17) is 11.5 Å². The molecule has 0 aliphatic carbocycles. The fraction of sp³-hybridized carbons (Fsp3) is 0.875. The van der Waals surface area contributed by atoms with Crippen molar-refractivity contribution >= 4 is 0 Å². The molecular weight excluding hydrogens is 138 g/mol. The molecule has 3 nitrogen and oxygen atoms in total. The van der Waals surface area contributed by atoms with Gasteiger partial charge in [0.25, 0.3) is 0 Å². The summed E-state index contributed by atoms with van der Waals surface area (Å²) in [4.78, 5) is 0. The first-order chi connectivity index (χ1) is 5.35. The van der Waals surface area contributed by atoms with E-state index in [1.54, 1.807) is 0 Å². The van der Waals surface area contributed by atoms with Gasteiger partial charge in [-0.2, -0.15) is 0 Å². The van der Waals surface area contributed by atoms with Gasteiger partial charge in [0, 0.05) is 19.1 Å². The van der Waals surface area contributed by atoms with Crippen molar-refractivity contribution in [3.63, 3.8) is 0 Å². The number of nitrogens with two attached hydrogens (primary N) is 2. The Balaban J connectivity index is 3.25. The van der Waals surface area contributed by atoms with Gasteiger partial charge in [-0.1, -0.05) is 6.92 Å². The molecule has 0 fully saturated rings. The molecule has 0 aliphatic heterocycles. The zero-order chi connectivity index (χ0) is 8.53. The van der Waals surface area contributed by atoms with E-state index in [0.717, 1.165) is 32.4 Å². The van der Waals surface area contributed by atoms with Gasteiger partial charge in [0.05, 0.1) is 0 Å². The minimum atomic E-state index is 0.502. The Kier molecular flexibility index (Phi) is 7.89. The minimum Gasteiger partial charge on any atom is -0.330 e. The van der Waals surface area contributed by atoms with Crippen LogP contribution in [0.3, 0.4) is 0 Å². The maximum absolute atomic E-state index is 5.39. The third-order valence-corrected chi connectivity index (χ3v) is 1.68. The summed E-state index contributed by atoms with van der Waals surface area (Å²) in [7, 11) is 0. The summed E-state index contributed by atoms with van der Waals surface area (Å²) in [6.07, 6.45) is 3.09. The lowest BCUT2D eigenvalue weighted by Gasteiger charge is -2.15. The van der Waals surface area contributed by atoms with Crippen LogP contribution in [-0.4, -0.2) is 25.7 Å². The average Bonchev–Trinajstić information content (AvgIpc) is 2.05. The monoisotopic (exact) mass is 158 g/mol. The highest BCUT2D eigenvalue weighted by atomic mass is 14.9. The second-order valence-electron chi connectivity index (χ2n) is 2.66. The smallest absolute Gasteiger partial charge is 0.00770 e. The van der Waals surface area contributed by atoms with Crippen LogP contribution < -0.4 is 16.8 Å². The molecule has 1 radical (unpaired) electrons. The van der Waals surface area contributed by atoms with Gasteiger partial charge in [-0.15, -0.1) is 0 Å². The highest BCUT2D eigenvalue weighted by molar-refractivity contribution is 4.68. The van der Waals surface area contributed by atoms with Crippen molar-refractivity contribution in [3.8, 4) is 0 Å². The first kappa shape index (κ1) is 10.9. The minimum absolute atomic E-state index is 0.502. The third kappa shape index (κ3) is 6.28. The van der Waals surface area contributed by atoms with Crippen molar-refractivity contribution in [3.05, 3.63) is 6.92 Å². The molecule has 0 saturated carbocycles. The van der Waals surface area contributed by atoms with Crippen LogP contribution in [0.25, 0.3) is 0 Å². The summed E-state index contributed by atoms with van der Waals surface area (Å²) in [6, 6.07) is 0.502. The molecule has 0 aromatic rings. The van der Waals surface area contributed by atoms with Crippen molar-refractivity contribution in [2.24, 2.45) is 11.5 Å². The molecule has 5 N–H and O–H groups in total. The Labute approximate surface area is 69.5 Å². The lowest BCUT2D eigenvalue weighted by molar-refractivity contribution is 0.478. The Hall–Kier alpha value is -0.120. The number of rotatable bonds is 7. The highest BCUT2D eigenvalue weighted by Gasteiger charge is 2.02. The van der Waals surface area contributed by atoms with Crippen LogP contribution in [0, 0.1) is 6.92 Å². The Bertz CT molecular complexity index is 67.7. The quantitative estimate of drug-likeness (QED) is 0.483. The van der Waals surface area contributed by atoms with Crippen LogP contribution in [0.5, 0.6) is 0 Å². The molecule has 0 amide bonds. The van der Waals surface area contributed by atoms with E-state index in [1.807, 2.05) is 0 Å². The Morgan fingerprint density at radius 2 is 2.00 bits per heavy atom. The van der Waals surface area contributed by atoms with E-state index >= 15 is 0 Å². The van der Waals surface area contributed by atoms with Crippen LogP contribution in [0.4, 0.5) is 0 Å². The molecule has 0 rings (SSSR count). The van der Waals surface area contributed by atoms with E-state index in [2.05, 4.69) is 12.2 Å². The second kappa shape index (κ2) is 7.98. The van der Waals surface area contributed by atoms with Gasteiger partial charge >= 0.3 is 0 Å². The largest absolute Gasteiger partial charge is 0.330 e. The first-order valence-electron chi connectivity index (χ1n) is 4.28. The van der Waals surface area contributed by atoms with Crippen molar-refractivity contribution in [2.75, 3.05) is 19.6 Å². The lowest BCUT2D eigenvalue weighted by Crippen LogP contribution is -2.33. The number of nitrogens with one attached hydrogen (secondary N) is 1. The maximum atomic E-state index is 5.39. The summed E-state index contributed by atoms with van der Waals surface area (Å²) in [6.45, 7) is 6.19. The van der Waals surface area contributed by atoms with Crippen molar-refractivity contribution in [1.82, 2.24) is 5.32 Å². The lowest BCUT2D eigenvalue weighted by atomic mass is 10.1. The molecule has 0 aromatic carbocycles. The van der Waals surface area contributed by atoms with Crippen LogP contribution in [-0.2, 0) is 0 Å². The zero-order valence-corrected chi connectivity index (χ0v) is 7.18. The van der Waals surface area contributed by atoms with Crippen molar-refractivity contribution in [1.29, 1.82) is 0 Å². The van der Waals surface area contributed by atoms with Crippen LogP contribution >= 0.6 is 0 Å². The first-order valence-corrected chi connectivity index (χ1v) is 4.28. The predicted molar refractivity (Wildman–Crippen MR) is 49.1 cm³/mol. The van der Waals surface area contributed by atoms with Gasteiger partial charge < -0.3 is 16.8 Å². The Morgan fingerprint density at radius 1 is 1.27 bits per heavy atom. The van der Waals surface area contributed by atoms with E-state index in [-0.39, 0.29) is 0 Å². The summed E-state index contributed by atoms with van der Waals surface area (Å²) >= 11 is 0. The van der Waals surface area contributed by atoms with Gasteiger partial charge in [-0.3, -0.25) is 0 Å². The van der Waals surface area contributed by atoms with E-state index in [9.17, 15) is 0 Å². The van der Waals surface area contributed by atoms with Crippen molar-refractivity contribution < 1.29 is 0 Å². The van der Waals surface area contributed by atoms with E-state index < -0.39 is 0 Å². The molecule has 67 valence electrons. The summed E-state index contributed by atoms with van der Waals surface area (Å²) in [5.41, 5.74) is 10.7. The van der Waals surface area contributed by atoms with Gasteiger partial charge in [0.15, 0.2) is 0 Å². The standard InChI is InChI=1S/C8H20N3/c1-2-8(4-3-5-9)11-7-6-10/h8,11H,1-7,9-10H2. The fourth-order valence-electron chi connectivity index (χ4n) is 1.00. The van der Waals surface area contributed by atoms with Gasteiger partial charge in [-0.05, 0) is 25.8 Å². The number of hydrogen-bond acceptors (Lipinski definition) is 3. The predicted octanol–water partition coefficient (Wildman–Crippen LogP) is -0.134. The molecule has 1 atom stereocenters. The summed E-state index contributed by atoms with van der Waals surface area (Å²) in [5.74, 6) is 0. The van der Waals surface area contributed by atoms with E-state index in [1.165, 1.54) is 0 Å². The Morgan fingerprint density at radius 3 is 2.45 bits per heavy atom. The molecule has 0 aliphatic rings. The van der Waals surface area contributed by atoms with Crippen LogP contribution in [0.1, 0.15) is 19.3 Å². The molecule has 0 heterocycles. The molecule has 0 saturated heterocycles.